The SMILES string of the molecule is C1=CC2CC2(c2c3ccccc3c(-c3ccc4ccccc4c3)c3cc(-c4ccc5c(-c6ccccc6)c6ccccc6c(-c6ccc7ccccc7c6)c5c4)ccc23)C=C1. The van der Waals surface area contributed by atoms with Gasteiger partial charge < -0.3 is 0 Å². The highest BCUT2D eigenvalue weighted by atomic mass is 14.6. The summed E-state index contributed by atoms with van der Waals surface area (Å²) in [6.45, 7) is 0. The molecular weight excluding hydrogens is 733 g/mol. The molecule has 2 atom stereocenters. The number of benzene rings is 11. The van der Waals surface area contributed by atoms with E-state index in [4.69, 9.17) is 0 Å². The van der Waals surface area contributed by atoms with E-state index in [2.05, 4.69) is 224 Å². The van der Waals surface area contributed by atoms with Crippen molar-refractivity contribution in [3.63, 3.8) is 0 Å². The number of hydrogen-bond acceptors (Lipinski definition) is 0. The number of fused-ring (bicyclic) bond motifs is 7. The Hall–Kier alpha value is -7.54. The molecule has 284 valence electrons. The van der Waals surface area contributed by atoms with E-state index in [9.17, 15) is 0 Å². The van der Waals surface area contributed by atoms with Crippen molar-refractivity contribution in [2.24, 2.45) is 5.92 Å². The van der Waals surface area contributed by atoms with Gasteiger partial charge in [0.15, 0.2) is 0 Å². The fourth-order valence-corrected chi connectivity index (χ4v) is 11.0. The average molecular weight is 773 g/mol. The Labute approximate surface area is 355 Å². The van der Waals surface area contributed by atoms with Gasteiger partial charge in [-0.3, -0.25) is 0 Å². The molecule has 0 heterocycles. The Balaban J connectivity index is 1.11. The summed E-state index contributed by atoms with van der Waals surface area (Å²) in [6.07, 6.45) is 10.6. The van der Waals surface area contributed by atoms with Crippen LogP contribution in [0.2, 0.25) is 0 Å². The van der Waals surface area contributed by atoms with Crippen LogP contribution in [-0.2, 0) is 5.41 Å². The molecule has 0 bridgehead atoms. The van der Waals surface area contributed by atoms with Crippen molar-refractivity contribution < 1.29 is 0 Å². The third-order valence-corrected chi connectivity index (χ3v) is 13.9. The first-order valence-electron chi connectivity index (χ1n) is 21.6. The molecule has 61 heavy (non-hydrogen) atoms. The van der Waals surface area contributed by atoms with Crippen LogP contribution in [0.5, 0.6) is 0 Å². The van der Waals surface area contributed by atoms with E-state index in [1.165, 1.54) is 115 Å². The van der Waals surface area contributed by atoms with Crippen molar-refractivity contribution in [3.05, 3.63) is 230 Å². The van der Waals surface area contributed by atoms with Crippen LogP contribution in [0.3, 0.4) is 0 Å². The topological polar surface area (TPSA) is 0 Å². The van der Waals surface area contributed by atoms with Crippen molar-refractivity contribution in [3.8, 4) is 44.5 Å². The largest absolute Gasteiger partial charge is 0.0802 e. The molecule has 0 aromatic heterocycles. The molecule has 0 spiro atoms. The molecule has 11 aromatic rings. The van der Waals surface area contributed by atoms with Gasteiger partial charge in [0, 0.05) is 5.41 Å². The summed E-state index contributed by atoms with van der Waals surface area (Å²) in [6, 6.07) is 75.1. The van der Waals surface area contributed by atoms with Crippen molar-refractivity contribution in [1.82, 2.24) is 0 Å². The number of allylic oxidation sites excluding steroid dienone is 4. The Kier molecular flexibility index (Phi) is 7.45. The lowest BCUT2D eigenvalue weighted by atomic mass is 9.79. The summed E-state index contributed by atoms with van der Waals surface area (Å²) in [7, 11) is 0. The van der Waals surface area contributed by atoms with E-state index in [0.29, 0.717) is 5.92 Å². The van der Waals surface area contributed by atoms with Crippen molar-refractivity contribution >= 4 is 64.6 Å². The van der Waals surface area contributed by atoms with Crippen LogP contribution in [0.25, 0.3) is 109 Å². The van der Waals surface area contributed by atoms with E-state index < -0.39 is 0 Å². The standard InChI is InChI=1S/C61H40/c1-2-16-41(17-3-1)57-49-21-8-9-22-50(49)58(46-27-25-39-14-4-6-18-42(39)34-46)55-36-44(29-31-52(55)57)45-30-32-54-56(37-45)59(47-28-26-40-15-5-7-19-43(40)35-47)51-23-10-11-24-53(51)60(54)61-33-13-12-20-48(61)38-61/h1-37,48H,38H2. The first kappa shape index (κ1) is 34.3. The summed E-state index contributed by atoms with van der Waals surface area (Å²) in [5.74, 6) is 0.526. The number of rotatable bonds is 5. The molecule has 1 fully saturated rings. The van der Waals surface area contributed by atoms with Crippen LogP contribution in [0.1, 0.15) is 12.0 Å². The van der Waals surface area contributed by atoms with E-state index in [1.54, 1.807) is 0 Å². The van der Waals surface area contributed by atoms with Crippen LogP contribution in [-0.4, -0.2) is 0 Å². The molecule has 2 aliphatic rings. The molecule has 0 radical (unpaired) electrons. The van der Waals surface area contributed by atoms with Crippen LogP contribution in [0.15, 0.2) is 224 Å². The van der Waals surface area contributed by atoms with Gasteiger partial charge in [-0.05, 0) is 151 Å². The van der Waals surface area contributed by atoms with Gasteiger partial charge >= 0.3 is 0 Å². The summed E-state index contributed by atoms with van der Waals surface area (Å²) in [5.41, 5.74) is 11.5. The minimum atomic E-state index is 0.0165. The van der Waals surface area contributed by atoms with Crippen molar-refractivity contribution in [2.75, 3.05) is 0 Å². The predicted octanol–water partition coefficient (Wildman–Crippen LogP) is 16.7. The van der Waals surface area contributed by atoms with Crippen molar-refractivity contribution in [2.45, 2.75) is 11.8 Å². The molecule has 0 saturated heterocycles. The van der Waals surface area contributed by atoms with Crippen LogP contribution in [0.4, 0.5) is 0 Å². The van der Waals surface area contributed by atoms with E-state index >= 15 is 0 Å². The molecule has 13 rings (SSSR count). The van der Waals surface area contributed by atoms with Gasteiger partial charge in [-0.25, -0.2) is 0 Å². The highest BCUT2D eigenvalue weighted by Crippen LogP contribution is 2.61. The van der Waals surface area contributed by atoms with Gasteiger partial charge in [-0.2, -0.15) is 0 Å². The van der Waals surface area contributed by atoms with Crippen LogP contribution in [0, 0.1) is 5.92 Å². The van der Waals surface area contributed by atoms with Gasteiger partial charge in [0.1, 0.15) is 0 Å². The first-order chi connectivity index (χ1) is 30.2. The summed E-state index contributed by atoms with van der Waals surface area (Å²) >= 11 is 0. The third kappa shape index (κ3) is 5.25. The summed E-state index contributed by atoms with van der Waals surface area (Å²) in [5, 5.41) is 15.4. The molecule has 2 aliphatic carbocycles. The normalized spacial score (nSPS) is 16.9. The molecular formula is C61H40. The maximum atomic E-state index is 2.50. The van der Waals surface area contributed by atoms with Crippen molar-refractivity contribution in [1.29, 1.82) is 0 Å². The quantitative estimate of drug-likeness (QED) is 0.153. The molecule has 11 aromatic carbocycles. The van der Waals surface area contributed by atoms with E-state index in [1.807, 2.05) is 0 Å². The Morgan fingerprint density at radius 3 is 1.36 bits per heavy atom. The highest BCUT2D eigenvalue weighted by Gasteiger charge is 2.54. The second kappa shape index (κ2) is 13.2. The monoisotopic (exact) mass is 772 g/mol. The van der Waals surface area contributed by atoms with Crippen LogP contribution >= 0.6 is 0 Å². The van der Waals surface area contributed by atoms with Crippen LogP contribution < -0.4 is 0 Å². The second-order valence-electron chi connectivity index (χ2n) is 17.2. The van der Waals surface area contributed by atoms with Gasteiger partial charge in [-0.1, -0.05) is 200 Å². The fourth-order valence-electron chi connectivity index (χ4n) is 11.0. The molecule has 0 heteroatoms. The smallest absolute Gasteiger partial charge is 0.0216 e. The maximum absolute atomic E-state index is 2.50. The first-order valence-corrected chi connectivity index (χ1v) is 21.6. The van der Waals surface area contributed by atoms with E-state index in [-0.39, 0.29) is 5.41 Å². The molecule has 0 aliphatic heterocycles. The van der Waals surface area contributed by atoms with E-state index in [0.717, 1.165) is 6.42 Å². The zero-order valence-electron chi connectivity index (χ0n) is 33.6. The lowest BCUT2D eigenvalue weighted by Gasteiger charge is -2.24. The molecule has 0 N–H and O–H groups in total. The third-order valence-electron chi connectivity index (χ3n) is 13.9. The van der Waals surface area contributed by atoms with Gasteiger partial charge in [0.2, 0.25) is 0 Å². The second-order valence-corrected chi connectivity index (χ2v) is 17.2. The molecule has 0 nitrogen and oxygen atoms in total. The lowest BCUT2D eigenvalue weighted by molar-refractivity contribution is 0.834. The van der Waals surface area contributed by atoms with Gasteiger partial charge in [-0.15, -0.1) is 0 Å². The minimum absolute atomic E-state index is 0.0165. The average Bonchev–Trinajstić information content (AvgIpc) is 4.07. The summed E-state index contributed by atoms with van der Waals surface area (Å²) < 4.78 is 0. The molecule has 2 unspecified atom stereocenters. The van der Waals surface area contributed by atoms with Gasteiger partial charge in [0.05, 0.1) is 0 Å². The summed E-state index contributed by atoms with van der Waals surface area (Å²) in [4.78, 5) is 0. The minimum Gasteiger partial charge on any atom is -0.0802 e. The fraction of sp³-hybridized carbons (Fsp3) is 0.0492. The zero-order chi connectivity index (χ0) is 40.1. The maximum Gasteiger partial charge on any atom is 0.0216 e. The molecule has 0 amide bonds. The zero-order valence-corrected chi connectivity index (χ0v) is 33.6. The lowest BCUT2D eigenvalue weighted by Crippen LogP contribution is -2.10. The number of hydrogen-bond donors (Lipinski definition) is 0. The van der Waals surface area contributed by atoms with Gasteiger partial charge in [0.25, 0.3) is 0 Å². The Bertz CT molecular complexity index is 3680. The highest BCUT2D eigenvalue weighted by molar-refractivity contribution is 6.23. The molecule has 1 saturated carbocycles. The predicted molar refractivity (Wildman–Crippen MR) is 261 cm³/mol. The Morgan fingerprint density at radius 2 is 0.754 bits per heavy atom. The Morgan fingerprint density at radius 1 is 0.311 bits per heavy atom.